The third-order valence-corrected chi connectivity index (χ3v) is 3.17. The number of aromatic nitrogens is 5. The van der Waals surface area contributed by atoms with Gasteiger partial charge in [-0.05, 0) is 12.1 Å². The van der Waals surface area contributed by atoms with Crippen LogP contribution in [0.4, 0.5) is 0 Å². The first-order valence-electron chi connectivity index (χ1n) is 4.82. The molecule has 0 radical (unpaired) electrons. The van der Waals surface area contributed by atoms with Crippen LogP contribution in [0.5, 0.6) is 0 Å². The van der Waals surface area contributed by atoms with Crippen molar-refractivity contribution in [2.45, 2.75) is 10.9 Å². The van der Waals surface area contributed by atoms with Gasteiger partial charge in [0.05, 0.1) is 29.4 Å². The summed E-state index contributed by atoms with van der Waals surface area (Å²) in [4.78, 5) is 4.32. The highest BCUT2D eigenvalue weighted by molar-refractivity contribution is 7.98. The standard InChI is InChI=1S/C10H9N5S/c1-2-4-9-8(3-1)11-6-15(9)7-16-10-5-12-14-13-10/h1-6H,7H2,(H,12,13,14). The minimum atomic E-state index is 0.785. The van der Waals surface area contributed by atoms with Gasteiger partial charge in [-0.2, -0.15) is 10.3 Å². The molecule has 0 aliphatic rings. The molecular weight excluding hydrogens is 222 g/mol. The van der Waals surface area contributed by atoms with Crippen LogP contribution in [0, 0.1) is 0 Å². The largest absolute Gasteiger partial charge is 0.320 e. The van der Waals surface area contributed by atoms with Gasteiger partial charge in [0.25, 0.3) is 0 Å². The molecule has 16 heavy (non-hydrogen) atoms. The van der Waals surface area contributed by atoms with E-state index in [-0.39, 0.29) is 0 Å². The fourth-order valence-electron chi connectivity index (χ4n) is 1.51. The third kappa shape index (κ3) is 1.67. The summed E-state index contributed by atoms with van der Waals surface area (Å²) in [6.07, 6.45) is 3.56. The quantitative estimate of drug-likeness (QED) is 0.699. The van der Waals surface area contributed by atoms with Crippen molar-refractivity contribution < 1.29 is 0 Å². The molecule has 6 heteroatoms. The van der Waals surface area contributed by atoms with E-state index in [1.54, 1.807) is 18.0 Å². The number of H-pyrrole nitrogens is 1. The summed E-state index contributed by atoms with van der Waals surface area (Å²) in [5.41, 5.74) is 2.15. The summed E-state index contributed by atoms with van der Waals surface area (Å²) in [5.74, 6) is 0.785. The van der Waals surface area contributed by atoms with E-state index < -0.39 is 0 Å². The van der Waals surface area contributed by atoms with Crippen molar-refractivity contribution >= 4 is 22.8 Å². The zero-order valence-electron chi connectivity index (χ0n) is 8.37. The van der Waals surface area contributed by atoms with Crippen molar-refractivity contribution in [1.82, 2.24) is 25.0 Å². The molecule has 0 atom stereocenters. The fourth-order valence-corrected chi connectivity index (χ4v) is 2.22. The Morgan fingerprint density at radius 1 is 1.31 bits per heavy atom. The van der Waals surface area contributed by atoms with Crippen LogP contribution in [0.2, 0.25) is 0 Å². The number of imidazole rings is 1. The van der Waals surface area contributed by atoms with Crippen molar-refractivity contribution in [1.29, 1.82) is 0 Å². The molecule has 3 aromatic rings. The maximum absolute atomic E-state index is 4.32. The minimum absolute atomic E-state index is 0.785. The van der Waals surface area contributed by atoms with E-state index in [0.717, 1.165) is 21.9 Å². The van der Waals surface area contributed by atoms with Crippen LogP contribution in [0.15, 0.2) is 41.8 Å². The Labute approximate surface area is 95.9 Å². The molecule has 2 aromatic heterocycles. The molecule has 0 saturated carbocycles. The van der Waals surface area contributed by atoms with Crippen LogP contribution in [0.25, 0.3) is 11.0 Å². The molecule has 0 fully saturated rings. The summed E-state index contributed by atoms with van der Waals surface area (Å²) >= 11 is 1.62. The number of nitrogens with zero attached hydrogens (tertiary/aromatic N) is 4. The zero-order valence-corrected chi connectivity index (χ0v) is 9.18. The van der Waals surface area contributed by atoms with Gasteiger partial charge < -0.3 is 4.57 Å². The van der Waals surface area contributed by atoms with Gasteiger partial charge in [0.15, 0.2) is 0 Å². The molecule has 0 amide bonds. The Kier molecular flexibility index (Phi) is 2.34. The maximum atomic E-state index is 4.32. The van der Waals surface area contributed by atoms with Crippen molar-refractivity contribution in [3.63, 3.8) is 0 Å². The van der Waals surface area contributed by atoms with Gasteiger partial charge in [-0.1, -0.05) is 23.9 Å². The topological polar surface area (TPSA) is 59.4 Å². The Morgan fingerprint density at radius 2 is 2.25 bits per heavy atom. The van der Waals surface area contributed by atoms with Gasteiger partial charge in [-0.25, -0.2) is 4.98 Å². The van der Waals surface area contributed by atoms with Crippen LogP contribution in [-0.4, -0.2) is 25.0 Å². The Hall–Kier alpha value is -1.82. The molecule has 0 unspecified atom stereocenters. The monoisotopic (exact) mass is 231 g/mol. The number of aromatic amines is 1. The van der Waals surface area contributed by atoms with Crippen LogP contribution in [-0.2, 0) is 5.88 Å². The summed E-state index contributed by atoms with van der Waals surface area (Å²) in [5, 5.41) is 11.2. The number of hydrogen-bond donors (Lipinski definition) is 1. The summed E-state index contributed by atoms with van der Waals surface area (Å²) in [6, 6.07) is 8.07. The molecule has 3 rings (SSSR count). The highest BCUT2D eigenvalue weighted by Gasteiger charge is 2.02. The van der Waals surface area contributed by atoms with E-state index in [0.29, 0.717) is 0 Å². The number of thioether (sulfide) groups is 1. The predicted molar refractivity (Wildman–Crippen MR) is 62.0 cm³/mol. The summed E-state index contributed by atoms with van der Waals surface area (Å²) < 4.78 is 2.09. The smallest absolute Gasteiger partial charge is 0.140 e. The Morgan fingerprint density at radius 3 is 3.12 bits per heavy atom. The van der Waals surface area contributed by atoms with Gasteiger partial charge in [-0.3, -0.25) is 0 Å². The lowest BCUT2D eigenvalue weighted by Gasteiger charge is -2.00. The summed E-state index contributed by atoms with van der Waals surface area (Å²) in [7, 11) is 0. The number of benzene rings is 1. The Balaban J connectivity index is 1.84. The zero-order chi connectivity index (χ0) is 10.8. The number of hydrogen-bond acceptors (Lipinski definition) is 4. The lowest BCUT2D eigenvalue weighted by atomic mass is 10.3. The lowest BCUT2D eigenvalue weighted by Crippen LogP contribution is -1.91. The first-order chi connectivity index (χ1) is 7.93. The van der Waals surface area contributed by atoms with Gasteiger partial charge in [-0.15, -0.1) is 5.10 Å². The fraction of sp³-hybridized carbons (Fsp3) is 0.100. The molecular formula is C10H9N5S. The first kappa shape index (κ1) is 9.41. The molecule has 0 saturated heterocycles. The van der Waals surface area contributed by atoms with Crippen LogP contribution in [0.1, 0.15) is 0 Å². The van der Waals surface area contributed by atoms with Gasteiger partial charge in [0, 0.05) is 0 Å². The molecule has 5 nitrogen and oxygen atoms in total. The minimum Gasteiger partial charge on any atom is -0.320 e. The molecule has 0 aliphatic heterocycles. The highest BCUT2D eigenvalue weighted by Crippen LogP contribution is 2.19. The summed E-state index contributed by atoms with van der Waals surface area (Å²) in [6.45, 7) is 0. The van der Waals surface area contributed by atoms with Crippen LogP contribution < -0.4 is 0 Å². The average Bonchev–Trinajstić information content (AvgIpc) is 2.96. The van der Waals surface area contributed by atoms with Crippen LogP contribution >= 0.6 is 11.8 Å². The van der Waals surface area contributed by atoms with E-state index in [2.05, 4.69) is 31.0 Å². The van der Waals surface area contributed by atoms with Crippen molar-refractivity contribution in [3.05, 3.63) is 36.8 Å². The number of fused-ring (bicyclic) bond motifs is 1. The van der Waals surface area contributed by atoms with Crippen molar-refractivity contribution in [2.24, 2.45) is 0 Å². The molecule has 80 valence electrons. The lowest BCUT2D eigenvalue weighted by molar-refractivity contribution is 0.896. The highest BCUT2D eigenvalue weighted by atomic mass is 32.2. The second-order valence-corrected chi connectivity index (χ2v) is 4.25. The molecule has 0 spiro atoms. The molecule has 1 N–H and O–H groups in total. The SMILES string of the molecule is c1ccc2c(c1)ncn2CSc1cn[nH]n1. The Bertz CT molecular complexity index is 586. The van der Waals surface area contributed by atoms with E-state index >= 15 is 0 Å². The second-order valence-electron chi connectivity index (χ2n) is 3.28. The van der Waals surface area contributed by atoms with Crippen molar-refractivity contribution in [3.8, 4) is 0 Å². The van der Waals surface area contributed by atoms with E-state index in [4.69, 9.17) is 0 Å². The molecule has 2 heterocycles. The first-order valence-corrected chi connectivity index (χ1v) is 5.80. The second kappa shape index (κ2) is 3.97. The van der Waals surface area contributed by atoms with E-state index in [1.807, 2.05) is 24.5 Å². The van der Waals surface area contributed by atoms with E-state index in [9.17, 15) is 0 Å². The van der Waals surface area contributed by atoms with Gasteiger partial charge in [0.1, 0.15) is 5.03 Å². The normalized spacial score (nSPS) is 11.0. The number of nitrogens with one attached hydrogen (secondary N) is 1. The molecule has 0 aliphatic carbocycles. The number of para-hydroxylation sites is 2. The predicted octanol–water partition coefficient (Wildman–Crippen LogP) is 1.90. The number of rotatable bonds is 3. The molecule has 1 aromatic carbocycles. The maximum Gasteiger partial charge on any atom is 0.140 e. The third-order valence-electron chi connectivity index (χ3n) is 2.27. The van der Waals surface area contributed by atoms with Crippen molar-refractivity contribution in [2.75, 3.05) is 0 Å². The van der Waals surface area contributed by atoms with Gasteiger partial charge in [0.2, 0.25) is 0 Å². The average molecular weight is 231 g/mol. The van der Waals surface area contributed by atoms with E-state index in [1.165, 1.54) is 0 Å². The van der Waals surface area contributed by atoms with Crippen LogP contribution in [0.3, 0.4) is 0 Å². The van der Waals surface area contributed by atoms with Gasteiger partial charge >= 0.3 is 0 Å². The molecule has 0 bridgehead atoms.